The zero-order valence-corrected chi connectivity index (χ0v) is 8.51. The monoisotopic (exact) mass is 234 g/mol. The second-order valence-electron chi connectivity index (χ2n) is 3.50. The van der Waals surface area contributed by atoms with Crippen molar-refractivity contribution in [2.24, 2.45) is 0 Å². The van der Waals surface area contributed by atoms with Crippen molar-refractivity contribution in [3.63, 3.8) is 0 Å². The van der Waals surface area contributed by atoms with Crippen LogP contribution >= 0.6 is 0 Å². The molecule has 1 rings (SSSR count). The van der Waals surface area contributed by atoms with Gasteiger partial charge in [0.15, 0.2) is 0 Å². The molecule has 0 aliphatic rings. The molecule has 0 saturated carbocycles. The van der Waals surface area contributed by atoms with E-state index in [0.717, 1.165) is 18.2 Å². The third-order valence-corrected chi connectivity index (χ3v) is 2.30. The first-order valence-corrected chi connectivity index (χ1v) is 4.67. The van der Waals surface area contributed by atoms with Gasteiger partial charge in [0.1, 0.15) is 12.1 Å². The highest BCUT2D eigenvalue weighted by molar-refractivity contribution is 5.52. The Morgan fingerprint density at radius 3 is 2.50 bits per heavy atom. The van der Waals surface area contributed by atoms with Gasteiger partial charge in [-0.05, 0) is 18.1 Å². The number of alkyl halides is 3. The summed E-state index contributed by atoms with van der Waals surface area (Å²) in [5.41, 5.74) is -1.45. The standard InChI is InChI=1S/C11H10F4O/c1-7(5-6-16)10-8(11(13,14)15)3-2-4-9(10)12/h2-4,6-7H,5H2,1H3. The predicted octanol–water partition coefficient (Wildman–Crippen LogP) is 3.54. The van der Waals surface area contributed by atoms with Crippen LogP contribution in [0.25, 0.3) is 0 Å². The molecule has 0 aliphatic heterocycles. The molecule has 1 aromatic rings. The maximum atomic E-state index is 13.3. The maximum Gasteiger partial charge on any atom is 0.416 e. The molecule has 88 valence electrons. The van der Waals surface area contributed by atoms with Gasteiger partial charge in [-0.1, -0.05) is 13.0 Å². The lowest BCUT2D eigenvalue weighted by atomic mass is 9.92. The van der Waals surface area contributed by atoms with Crippen molar-refractivity contribution in [2.75, 3.05) is 0 Å². The molecule has 0 N–H and O–H groups in total. The number of halogens is 4. The molecule has 1 atom stereocenters. The summed E-state index contributed by atoms with van der Waals surface area (Å²) in [6.07, 6.45) is -4.25. The molecule has 0 spiro atoms. The lowest BCUT2D eigenvalue weighted by Gasteiger charge is -2.17. The lowest BCUT2D eigenvalue weighted by Crippen LogP contribution is -2.13. The SMILES string of the molecule is CC(CC=O)c1c(F)cccc1C(F)(F)F. The summed E-state index contributed by atoms with van der Waals surface area (Å²) in [6.45, 7) is 1.39. The zero-order chi connectivity index (χ0) is 12.3. The molecule has 0 aromatic heterocycles. The number of hydrogen-bond acceptors (Lipinski definition) is 1. The molecule has 0 fully saturated rings. The van der Waals surface area contributed by atoms with Gasteiger partial charge >= 0.3 is 6.18 Å². The zero-order valence-electron chi connectivity index (χ0n) is 8.51. The van der Waals surface area contributed by atoms with Gasteiger partial charge in [0, 0.05) is 12.0 Å². The molecular weight excluding hydrogens is 224 g/mol. The first-order valence-electron chi connectivity index (χ1n) is 4.67. The summed E-state index contributed by atoms with van der Waals surface area (Å²) < 4.78 is 51.1. The van der Waals surface area contributed by atoms with Crippen molar-refractivity contribution in [1.29, 1.82) is 0 Å². The number of carbonyl (C=O) groups excluding carboxylic acids is 1. The van der Waals surface area contributed by atoms with Crippen LogP contribution in [0.4, 0.5) is 17.6 Å². The maximum absolute atomic E-state index is 13.3. The van der Waals surface area contributed by atoms with Crippen LogP contribution in [-0.4, -0.2) is 6.29 Å². The molecule has 1 nitrogen and oxygen atoms in total. The molecular formula is C11H10F4O. The average Bonchev–Trinajstić information content (AvgIpc) is 2.16. The van der Waals surface area contributed by atoms with Gasteiger partial charge in [-0.15, -0.1) is 0 Å². The number of rotatable bonds is 3. The largest absolute Gasteiger partial charge is 0.416 e. The van der Waals surface area contributed by atoms with Gasteiger partial charge in [-0.3, -0.25) is 0 Å². The van der Waals surface area contributed by atoms with E-state index in [1.807, 2.05) is 0 Å². The van der Waals surface area contributed by atoms with Crippen molar-refractivity contribution < 1.29 is 22.4 Å². The van der Waals surface area contributed by atoms with Crippen LogP contribution < -0.4 is 0 Å². The number of aldehydes is 1. The van der Waals surface area contributed by atoms with Gasteiger partial charge in [0.05, 0.1) is 5.56 Å². The quantitative estimate of drug-likeness (QED) is 0.577. The Labute approximate surface area is 90.1 Å². The summed E-state index contributed by atoms with van der Waals surface area (Å²) in [4.78, 5) is 10.3. The third kappa shape index (κ3) is 2.59. The highest BCUT2D eigenvalue weighted by Gasteiger charge is 2.35. The minimum Gasteiger partial charge on any atom is -0.303 e. The lowest BCUT2D eigenvalue weighted by molar-refractivity contribution is -0.138. The Balaban J connectivity index is 3.29. The second kappa shape index (κ2) is 4.63. The van der Waals surface area contributed by atoms with Crippen LogP contribution in [0, 0.1) is 5.82 Å². The topological polar surface area (TPSA) is 17.1 Å². The van der Waals surface area contributed by atoms with Crippen LogP contribution in [0.3, 0.4) is 0 Å². The summed E-state index contributed by atoms with van der Waals surface area (Å²) in [5, 5.41) is 0. The fourth-order valence-electron chi connectivity index (χ4n) is 1.55. The highest BCUT2D eigenvalue weighted by Crippen LogP contribution is 2.37. The first-order chi connectivity index (χ1) is 7.38. The van der Waals surface area contributed by atoms with Gasteiger partial charge < -0.3 is 4.79 Å². The smallest absolute Gasteiger partial charge is 0.303 e. The molecule has 16 heavy (non-hydrogen) atoms. The van der Waals surface area contributed by atoms with Crippen molar-refractivity contribution in [3.8, 4) is 0 Å². The molecule has 5 heteroatoms. The highest BCUT2D eigenvalue weighted by atomic mass is 19.4. The average molecular weight is 234 g/mol. The van der Waals surface area contributed by atoms with Crippen molar-refractivity contribution in [1.82, 2.24) is 0 Å². The third-order valence-electron chi connectivity index (χ3n) is 2.30. The van der Waals surface area contributed by atoms with E-state index in [-0.39, 0.29) is 6.42 Å². The van der Waals surface area contributed by atoms with E-state index in [0.29, 0.717) is 6.29 Å². The Bertz CT molecular complexity index is 384. The van der Waals surface area contributed by atoms with Gasteiger partial charge in [-0.2, -0.15) is 13.2 Å². The summed E-state index contributed by atoms with van der Waals surface area (Å²) in [6, 6.07) is 2.79. The Morgan fingerprint density at radius 1 is 1.38 bits per heavy atom. The van der Waals surface area contributed by atoms with Crippen molar-refractivity contribution in [3.05, 3.63) is 35.1 Å². The fraction of sp³-hybridized carbons (Fsp3) is 0.364. The second-order valence-corrected chi connectivity index (χ2v) is 3.50. The van der Waals surface area contributed by atoms with E-state index in [2.05, 4.69) is 0 Å². The first kappa shape index (κ1) is 12.7. The summed E-state index contributed by atoms with van der Waals surface area (Å²) >= 11 is 0. The van der Waals surface area contributed by atoms with E-state index >= 15 is 0 Å². The van der Waals surface area contributed by atoms with Gasteiger partial charge in [0.25, 0.3) is 0 Å². The van der Waals surface area contributed by atoms with Crippen LogP contribution in [0.15, 0.2) is 18.2 Å². The van der Waals surface area contributed by atoms with Gasteiger partial charge in [0.2, 0.25) is 0 Å². The van der Waals surface area contributed by atoms with Crippen molar-refractivity contribution >= 4 is 6.29 Å². The molecule has 0 saturated heterocycles. The normalized spacial score (nSPS) is 13.6. The van der Waals surface area contributed by atoms with E-state index in [1.54, 1.807) is 0 Å². The Hall–Kier alpha value is -1.39. The minimum absolute atomic E-state index is 0.135. The molecule has 0 heterocycles. The van der Waals surface area contributed by atoms with E-state index in [1.165, 1.54) is 6.92 Å². The summed E-state index contributed by atoms with van der Waals surface area (Å²) in [5.74, 6) is -1.71. The minimum atomic E-state index is -4.60. The molecule has 1 aromatic carbocycles. The van der Waals surface area contributed by atoms with E-state index in [4.69, 9.17) is 0 Å². The molecule has 0 bridgehead atoms. The van der Waals surface area contributed by atoms with Crippen LogP contribution in [0.2, 0.25) is 0 Å². The van der Waals surface area contributed by atoms with Crippen molar-refractivity contribution in [2.45, 2.75) is 25.4 Å². The Kier molecular flexibility index (Phi) is 3.67. The van der Waals surface area contributed by atoms with E-state index < -0.39 is 29.0 Å². The molecule has 0 radical (unpaired) electrons. The molecule has 1 unspecified atom stereocenters. The number of carbonyl (C=O) groups is 1. The molecule has 0 aliphatic carbocycles. The molecule has 0 amide bonds. The number of hydrogen-bond donors (Lipinski definition) is 0. The van der Waals surface area contributed by atoms with Gasteiger partial charge in [-0.25, -0.2) is 4.39 Å². The van der Waals surface area contributed by atoms with Crippen LogP contribution in [0.1, 0.15) is 30.4 Å². The van der Waals surface area contributed by atoms with E-state index in [9.17, 15) is 22.4 Å². The Morgan fingerprint density at radius 2 is 2.00 bits per heavy atom. The number of benzene rings is 1. The van der Waals surface area contributed by atoms with Crippen LogP contribution in [-0.2, 0) is 11.0 Å². The summed E-state index contributed by atoms with van der Waals surface area (Å²) in [7, 11) is 0. The fourth-order valence-corrected chi connectivity index (χ4v) is 1.55. The van der Waals surface area contributed by atoms with Crippen LogP contribution in [0.5, 0.6) is 0 Å². The predicted molar refractivity (Wildman–Crippen MR) is 50.5 cm³/mol.